The normalized spacial score (nSPS) is 11.4. The number of thiophene rings is 1. The summed E-state index contributed by atoms with van der Waals surface area (Å²) >= 11 is 1.39. The first-order valence-corrected chi connectivity index (χ1v) is 10.9. The number of hydrogen-bond acceptors (Lipinski definition) is 4. The third-order valence-electron chi connectivity index (χ3n) is 5.30. The topological polar surface area (TPSA) is 54.3 Å². The molecule has 1 N–H and O–H groups in total. The van der Waals surface area contributed by atoms with E-state index >= 15 is 0 Å². The lowest BCUT2D eigenvalue weighted by molar-refractivity contribution is 0.0956. The third kappa shape index (κ3) is 4.15. The highest BCUT2D eigenvalue weighted by molar-refractivity contribution is 7.21. The zero-order valence-corrected chi connectivity index (χ0v) is 18.0. The molecule has 0 fully saturated rings. The molecule has 5 nitrogen and oxygen atoms in total. The number of rotatable bonds is 7. The lowest BCUT2D eigenvalue weighted by atomic mass is 10.2. The van der Waals surface area contributed by atoms with Gasteiger partial charge in [0.1, 0.15) is 0 Å². The average molecular weight is 420 g/mol. The predicted octanol–water partition coefficient (Wildman–Crippen LogP) is 4.01. The number of pyridine rings is 1. The summed E-state index contributed by atoms with van der Waals surface area (Å²) < 4.78 is 2.52. The van der Waals surface area contributed by atoms with E-state index in [2.05, 4.69) is 29.4 Å². The van der Waals surface area contributed by atoms with Crippen molar-refractivity contribution in [1.82, 2.24) is 14.8 Å². The summed E-state index contributed by atoms with van der Waals surface area (Å²) in [5.74, 6) is -0.118. The molecular formula is C24H25N3O2S. The number of aromatic nitrogens is 1. The third-order valence-corrected chi connectivity index (χ3v) is 6.47. The Balaban J connectivity index is 1.40. The molecule has 0 saturated heterocycles. The van der Waals surface area contributed by atoms with Crippen LogP contribution < -0.4 is 10.9 Å². The van der Waals surface area contributed by atoms with Gasteiger partial charge in [-0.25, -0.2) is 0 Å². The Hall–Kier alpha value is -2.96. The van der Waals surface area contributed by atoms with E-state index in [1.165, 1.54) is 16.9 Å². The smallest absolute Gasteiger partial charge is 0.261 e. The summed E-state index contributed by atoms with van der Waals surface area (Å²) in [6, 6.07) is 19.9. The molecule has 30 heavy (non-hydrogen) atoms. The Bertz CT molecular complexity index is 1240. The average Bonchev–Trinajstić information content (AvgIpc) is 3.22. The van der Waals surface area contributed by atoms with Crippen LogP contribution in [0.2, 0.25) is 0 Å². The molecule has 4 aromatic rings. The molecule has 2 aromatic carbocycles. The van der Waals surface area contributed by atoms with Crippen LogP contribution in [0.1, 0.15) is 21.7 Å². The number of nitrogens with zero attached hydrogens (tertiary/aromatic N) is 2. The lowest BCUT2D eigenvalue weighted by Gasteiger charge is -2.16. The van der Waals surface area contributed by atoms with Crippen LogP contribution in [0, 0.1) is 0 Å². The van der Waals surface area contributed by atoms with E-state index in [4.69, 9.17) is 0 Å². The van der Waals surface area contributed by atoms with Gasteiger partial charge in [0.2, 0.25) is 0 Å². The monoisotopic (exact) mass is 419 g/mol. The maximum Gasteiger partial charge on any atom is 0.261 e. The molecule has 0 spiro atoms. The molecule has 1 amide bonds. The van der Waals surface area contributed by atoms with Gasteiger partial charge >= 0.3 is 0 Å². The SMILES string of the molecule is CN(CCCNC(=O)c1cc2c(=O)n(C)c3ccccc3c2s1)Cc1ccccc1. The van der Waals surface area contributed by atoms with Gasteiger partial charge in [-0.05, 0) is 37.7 Å². The minimum Gasteiger partial charge on any atom is -0.351 e. The largest absolute Gasteiger partial charge is 0.351 e. The molecule has 6 heteroatoms. The maximum atomic E-state index is 12.7. The van der Waals surface area contributed by atoms with Crippen molar-refractivity contribution < 1.29 is 4.79 Å². The zero-order valence-electron chi connectivity index (χ0n) is 17.2. The van der Waals surface area contributed by atoms with Crippen molar-refractivity contribution in [3.63, 3.8) is 0 Å². The standard InChI is InChI=1S/C24H25N3O2S/c1-26(16-17-9-4-3-5-10-17)14-8-13-25-23(28)21-15-19-22(30-21)18-11-6-7-12-20(18)27(2)24(19)29/h3-7,9-12,15H,8,13-14,16H2,1-2H3,(H,25,28). The number of nitrogens with one attached hydrogen (secondary N) is 1. The van der Waals surface area contributed by atoms with Gasteiger partial charge in [-0.3, -0.25) is 9.59 Å². The van der Waals surface area contributed by atoms with Crippen LogP contribution in [0.4, 0.5) is 0 Å². The quantitative estimate of drug-likeness (QED) is 0.461. The summed E-state index contributed by atoms with van der Waals surface area (Å²) in [6.45, 7) is 2.39. The highest BCUT2D eigenvalue weighted by atomic mass is 32.1. The molecule has 4 rings (SSSR count). The first-order valence-electron chi connectivity index (χ1n) is 10.1. The Morgan fingerprint density at radius 3 is 2.60 bits per heavy atom. The number of carbonyl (C=O) groups excluding carboxylic acids is 1. The fourth-order valence-electron chi connectivity index (χ4n) is 3.72. The number of para-hydroxylation sites is 1. The number of benzene rings is 2. The van der Waals surface area contributed by atoms with Gasteiger partial charge in [0.25, 0.3) is 11.5 Å². The Morgan fingerprint density at radius 2 is 1.80 bits per heavy atom. The first-order chi connectivity index (χ1) is 14.5. The molecule has 2 heterocycles. The lowest BCUT2D eigenvalue weighted by Crippen LogP contribution is -2.27. The molecule has 0 saturated carbocycles. The van der Waals surface area contributed by atoms with Gasteiger partial charge < -0.3 is 14.8 Å². The van der Waals surface area contributed by atoms with Crippen LogP contribution >= 0.6 is 11.3 Å². The number of aryl methyl sites for hydroxylation is 1. The fourth-order valence-corrected chi connectivity index (χ4v) is 4.82. The van der Waals surface area contributed by atoms with E-state index in [9.17, 15) is 9.59 Å². The van der Waals surface area contributed by atoms with Crippen LogP contribution in [-0.4, -0.2) is 35.5 Å². The van der Waals surface area contributed by atoms with Crippen LogP contribution in [0.5, 0.6) is 0 Å². The van der Waals surface area contributed by atoms with Crippen molar-refractivity contribution in [3.05, 3.63) is 81.5 Å². The molecular weight excluding hydrogens is 394 g/mol. The Labute approximate surface area is 179 Å². The molecule has 0 aliphatic carbocycles. The van der Waals surface area contributed by atoms with Crippen molar-refractivity contribution in [2.45, 2.75) is 13.0 Å². The van der Waals surface area contributed by atoms with Gasteiger partial charge in [0, 0.05) is 30.2 Å². The van der Waals surface area contributed by atoms with E-state index in [0.29, 0.717) is 16.8 Å². The van der Waals surface area contributed by atoms with E-state index in [1.54, 1.807) is 17.7 Å². The molecule has 0 aliphatic rings. The van der Waals surface area contributed by atoms with Crippen molar-refractivity contribution in [3.8, 4) is 0 Å². The molecule has 0 atom stereocenters. The highest BCUT2D eigenvalue weighted by Crippen LogP contribution is 2.30. The van der Waals surface area contributed by atoms with E-state index < -0.39 is 0 Å². The Morgan fingerprint density at radius 1 is 1.07 bits per heavy atom. The summed E-state index contributed by atoms with van der Waals surface area (Å²) in [6.07, 6.45) is 0.866. The molecule has 0 unspecified atom stereocenters. The predicted molar refractivity (Wildman–Crippen MR) is 124 cm³/mol. The van der Waals surface area contributed by atoms with Crippen molar-refractivity contribution in [2.24, 2.45) is 7.05 Å². The van der Waals surface area contributed by atoms with E-state index in [-0.39, 0.29) is 11.5 Å². The van der Waals surface area contributed by atoms with Gasteiger partial charge in [-0.2, -0.15) is 0 Å². The van der Waals surface area contributed by atoms with Crippen LogP contribution in [0.25, 0.3) is 21.0 Å². The minimum absolute atomic E-state index is 0.0680. The molecule has 0 bridgehead atoms. The maximum absolute atomic E-state index is 12.7. The Kier molecular flexibility index (Phi) is 5.97. The van der Waals surface area contributed by atoms with Gasteiger partial charge in [0.05, 0.1) is 15.8 Å². The van der Waals surface area contributed by atoms with Gasteiger partial charge in [0.15, 0.2) is 0 Å². The van der Waals surface area contributed by atoms with Crippen molar-refractivity contribution >= 4 is 38.2 Å². The molecule has 0 radical (unpaired) electrons. The van der Waals surface area contributed by atoms with Crippen LogP contribution in [-0.2, 0) is 13.6 Å². The fraction of sp³-hybridized carbons (Fsp3) is 0.250. The second-order valence-corrected chi connectivity index (χ2v) is 8.62. The summed E-state index contributed by atoms with van der Waals surface area (Å²) in [7, 11) is 3.86. The van der Waals surface area contributed by atoms with Crippen LogP contribution in [0.3, 0.4) is 0 Å². The van der Waals surface area contributed by atoms with Crippen LogP contribution in [0.15, 0.2) is 65.5 Å². The number of amides is 1. The van der Waals surface area contributed by atoms with Gasteiger partial charge in [-0.1, -0.05) is 48.5 Å². The minimum atomic E-state index is -0.118. The van der Waals surface area contributed by atoms with Gasteiger partial charge in [-0.15, -0.1) is 11.3 Å². The first kappa shape index (κ1) is 20.3. The molecule has 2 aromatic heterocycles. The van der Waals surface area contributed by atoms with Crippen molar-refractivity contribution in [2.75, 3.05) is 20.1 Å². The number of fused-ring (bicyclic) bond motifs is 3. The second kappa shape index (κ2) is 8.81. The summed E-state index contributed by atoms with van der Waals surface area (Å²) in [4.78, 5) is 28.2. The number of hydrogen-bond donors (Lipinski definition) is 1. The summed E-state index contributed by atoms with van der Waals surface area (Å²) in [5, 5.41) is 4.60. The number of carbonyl (C=O) groups is 1. The second-order valence-electron chi connectivity index (χ2n) is 7.57. The van der Waals surface area contributed by atoms with E-state index in [1.807, 2.05) is 42.5 Å². The van der Waals surface area contributed by atoms with E-state index in [0.717, 1.165) is 35.1 Å². The van der Waals surface area contributed by atoms with Crippen molar-refractivity contribution in [1.29, 1.82) is 0 Å². The summed E-state index contributed by atoms with van der Waals surface area (Å²) in [5.41, 5.74) is 2.09. The highest BCUT2D eigenvalue weighted by Gasteiger charge is 2.16. The molecule has 154 valence electrons. The zero-order chi connectivity index (χ0) is 21.1. The molecule has 0 aliphatic heterocycles.